The van der Waals surface area contributed by atoms with Gasteiger partial charge in [-0.1, -0.05) is 0 Å². The lowest BCUT2D eigenvalue weighted by Crippen LogP contribution is -2.42. The molecule has 0 atom stereocenters. The van der Waals surface area contributed by atoms with Crippen molar-refractivity contribution < 1.29 is 9.59 Å². The maximum Gasteiger partial charge on any atom is 0.253 e. The first-order valence-electron chi connectivity index (χ1n) is 7.80. The average molecular weight is 312 g/mol. The molecule has 2 amide bonds. The van der Waals surface area contributed by atoms with Crippen LogP contribution in [0.3, 0.4) is 0 Å². The zero-order valence-corrected chi connectivity index (χ0v) is 13.1. The van der Waals surface area contributed by atoms with Crippen LogP contribution in [0.2, 0.25) is 0 Å². The molecule has 1 aromatic heterocycles. The number of likely N-dealkylation sites (tertiary alicyclic amines) is 1. The van der Waals surface area contributed by atoms with E-state index in [4.69, 9.17) is 0 Å². The predicted molar refractivity (Wildman–Crippen MR) is 86.3 cm³/mol. The summed E-state index contributed by atoms with van der Waals surface area (Å²) >= 11 is 0. The molecular weight excluding hydrogens is 292 g/mol. The van der Waals surface area contributed by atoms with Gasteiger partial charge >= 0.3 is 0 Å². The number of aromatic nitrogens is 2. The van der Waals surface area contributed by atoms with Crippen molar-refractivity contribution in [3.63, 3.8) is 0 Å². The first-order valence-corrected chi connectivity index (χ1v) is 7.80. The van der Waals surface area contributed by atoms with Gasteiger partial charge in [-0.3, -0.25) is 9.59 Å². The van der Waals surface area contributed by atoms with Crippen LogP contribution in [-0.4, -0.2) is 46.6 Å². The number of nitrogens with one attached hydrogen (secondary N) is 1. The summed E-state index contributed by atoms with van der Waals surface area (Å²) in [5.74, 6) is 0.110. The largest absolute Gasteiger partial charge is 0.359 e. The fourth-order valence-corrected chi connectivity index (χ4v) is 2.91. The van der Waals surface area contributed by atoms with Gasteiger partial charge in [-0.25, -0.2) is 4.68 Å². The molecule has 1 saturated heterocycles. The standard InChI is InChI=1S/C17H20N4O2/c1-18-16(22)13-7-11-20(12-8-13)17(23)14-3-5-15(6-4-14)21-10-2-9-19-21/h2-6,9-10,13H,7-8,11-12H2,1H3,(H,18,22). The van der Waals surface area contributed by atoms with E-state index in [0.29, 0.717) is 18.7 Å². The van der Waals surface area contributed by atoms with Crippen LogP contribution in [-0.2, 0) is 4.79 Å². The van der Waals surface area contributed by atoms with Crippen molar-refractivity contribution in [2.24, 2.45) is 5.92 Å². The summed E-state index contributed by atoms with van der Waals surface area (Å²) in [7, 11) is 1.65. The van der Waals surface area contributed by atoms with Crippen molar-refractivity contribution in [3.8, 4) is 5.69 Å². The maximum absolute atomic E-state index is 12.5. The number of carbonyl (C=O) groups excluding carboxylic acids is 2. The lowest BCUT2D eigenvalue weighted by Gasteiger charge is -2.31. The van der Waals surface area contributed by atoms with Crippen LogP contribution in [0.5, 0.6) is 0 Å². The second-order valence-electron chi connectivity index (χ2n) is 5.68. The molecule has 0 spiro atoms. The fraction of sp³-hybridized carbons (Fsp3) is 0.353. The van der Waals surface area contributed by atoms with Crippen LogP contribution in [0.15, 0.2) is 42.7 Å². The molecule has 1 aliphatic rings. The van der Waals surface area contributed by atoms with Crippen molar-refractivity contribution in [1.29, 1.82) is 0 Å². The van der Waals surface area contributed by atoms with E-state index in [1.807, 2.05) is 41.4 Å². The van der Waals surface area contributed by atoms with Crippen molar-refractivity contribution >= 4 is 11.8 Å². The molecule has 0 radical (unpaired) electrons. The van der Waals surface area contributed by atoms with Crippen molar-refractivity contribution in [1.82, 2.24) is 20.0 Å². The Hall–Kier alpha value is -2.63. The van der Waals surface area contributed by atoms with E-state index in [-0.39, 0.29) is 17.7 Å². The number of hydrogen-bond donors (Lipinski definition) is 1. The smallest absolute Gasteiger partial charge is 0.253 e. The molecule has 1 aromatic carbocycles. The monoisotopic (exact) mass is 312 g/mol. The fourth-order valence-electron chi connectivity index (χ4n) is 2.91. The third kappa shape index (κ3) is 3.26. The lowest BCUT2D eigenvalue weighted by molar-refractivity contribution is -0.125. The zero-order chi connectivity index (χ0) is 16.2. The predicted octanol–water partition coefficient (Wildman–Crippen LogP) is 1.47. The van der Waals surface area contributed by atoms with Gasteiger partial charge in [0.15, 0.2) is 0 Å². The highest BCUT2D eigenvalue weighted by atomic mass is 16.2. The number of rotatable bonds is 3. The molecule has 6 nitrogen and oxygen atoms in total. The first-order chi connectivity index (χ1) is 11.2. The maximum atomic E-state index is 12.5. The molecule has 1 aliphatic heterocycles. The van der Waals surface area contributed by atoms with E-state index in [9.17, 15) is 9.59 Å². The zero-order valence-electron chi connectivity index (χ0n) is 13.1. The molecule has 0 saturated carbocycles. The Bertz CT molecular complexity index is 671. The molecule has 3 rings (SSSR count). The highest BCUT2D eigenvalue weighted by molar-refractivity contribution is 5.94. The summed E-state index contributed by atoms with van der Waals surface area (Å²) in [6.45, 7) is 1.25. The van der Waals surface area contributed by atoms with E-state index in [1.54, 1.807) is 17.9 Å². The van der Waals surface area contributed by atoms with Gasteiger partial charge in [0.25, 0.3) is 5.91 Å². The summed E-state index contributed by atoms with van der Waals surface area (Å²) in [4.78, 5) is 26.0. The molecule has 0 aliphatic carbocycles. The summed E-state index contributed by atoms with van der Waals surface area (Å²) in [5.41, 5.74) is 1.59. The minimum absolute atomic E-state index is 0.0197. The van der Waals surface area contributed by atoms with Gasteiger partial charge in [0.2, 0.25) is 5.91 Å². The van der Waals surface area contributed by atoms with Gasteiger partial charge < -0.3 is 10.2 Å². The van der Waals surface area contributed by atoms with Gasteiger partial charge in [0.1, 0.15) is 0 Å². The van der Waals surface area contributed by atoms with Crippen LogP contribution in [0.1, 0.15) is 23.2 Å². The molecule has 1 fully saturated rings. The third-order valence-electron chi connectivity index (χ3n) is 4.28. The van der Waals surface area contributed by atoms with Gasteiger partial charge in [0.05, 0.1) is 5.69 Å². The Morgan fingerprint density at radius 3 is 2.43 bits per heavy atom. The first kappa shape index (κ1) is 15.3. The number of nitrogens with zero attached hydrogens (tertiary/aromatic N) is 3. The van der Waals surface area contributed by atoms with E-state index in [1.165, 1.54) is 0 Å². The second-order valence-corrected chi connectivity index (χ2v) is 5.68. The van der Waals surface area contributed by atoms with Gasteiger partial charge in [-0.15, -0.1) is 0 Å². The number of carbonyl (C=O) groups is 2. The molecule has 2 heterocycles. The average Bonchev–Trinajstić information content (AvgIpc) is 3.15. The number of benzene rings is 1. The Labute approximate surface area is 135 Å². The van der Waals surface area contributed by atoms with Crippen LogP contribution >= 0.6 is 0 Å². The molecule has 120 valence electrons. The molecule has 1 N–H and O–H groups in total. The Morgan fingerprint density at radius 1 is 1.17 bits per heavy atom. The molecule has 23 heavy (non-hydrogen) atoms. The van der Waals surface area contributed by atoms with Crippen LogP contribution in [0.4, 0.5) is 0 Å². The minimum atomic E-state index is 0.0197. The summed E-state index contributed by atoms with van der Waals surface area (Å²) in [5, 5.41) is 6.85. The Kier molecular flexibility index (Phi) is 4.41. The summed E-state index contributed by atoms with van der Waals surface area (Å²) in [6, 6.07) is 9.28. The Morgan fingerprint density at radius 2 is 1.87 bits per heavy atom. The second kappa shape index (κ2) is 6.64. The van der Waals surface area contributed by atoms with E-state index < -0.39 is 0 Å². The van der Waals surface area contributed by atoms with Crippen LogP contribution in [0, 0.1) is 5.92 Å². The lowest BCUT2D eigenvalue weighted by atomic mass is 9.95. The molecule has 2 aromatic rings. The topological polar surface area (TPSA) is 67.2 Å². The minimum Gasteiger partial charge on any atom is -0.359 e. The SMILES string of the molecule is CNC(=O)C1CCN(C(=O)c2ccc(-n3cccn3)cc2)CC1. The van der Waals surface area contributed by atoms with Crippen LogP contribution in [0.25, 0.3) is 5.69 Å². The summed E-state index contributed by atoms with van der Waals surface area (Å²) in [6.07, 6.45) is 5.02. The number of amides is 2. The molecular formula is C17H20N4O2. The Balaban J connectivity index is 1.64. The number of hydrogen-bond acceptors (Lipinski definition) is 3. The van der Waals surface area contributed by atoms with Crippen molar-refractivity contribution in [2.75, 3.05) is 20.1 Å². The van der Waals surface area contributed by atoms with E-state index in [2.05, 4.69) is 10.4 Å². The van der Waals surface area contributed by atoms with Crippen LogP contribution < -0.4 is 5.32 Å². The van der Waals surface area contributed by atoms with E-state index >= 15 is 0 Å². The normalized spacial score (nSPS) is 15.4. The molecule has 0 unspecified atom stereocenters. The number of piperidine rings is 1. The quantitative estimate of drug-likeness (QED) is 0.933. The van der Waals surface area contributed by atoms with Gasteiger partial charge in [-0.2, -0.15) is 5.10 Å². The molecule has 0 bridgehead atoms. The highest BCUT2D eigenvalue weighted by Gasteiger charge is 2.27. The van der Waals surface area contributed by atoms with Crippen molar-refractivity contribution in [3.05, 3.63) is 48.3 Å². The van der Waals surface area contributed by atoms with Crippen molar-refractivity contribution in [2.45, 2.75) is 12.8 Å². The summed E-state index contributed by atoms with van der Waals surface area (Å²) < 4.78 is 1.75. The van der Waals surface area contributed by atoms with Gasteiger partial charge in [-0.05, 0) is 43.2 Å². The highest BCUT2D eigenvalue weighted by Crippen LogP contribution is 2.19. The third-order valence-corrected chi connectivity index (χ3v) is 4.28. The molecule has 6 heteroatoms. The van der Waals surface area contributed by atoms with Gasteiger partial charge in [0, 0.05) is 44.0 Å². The van der Waals surface area contributed by atoms with E-state index in [0.717, 1.165) is 18.5 Å².